The summed E-state index contributed by atoms with van der Waals surface area (Å²) < 4.78 is 105. The highest BCUT2D eigenvalue weighted by Gasteiger charge is 2.45. The Bertz CT molecular complexity index is 1010. The van der Waals surface area contributed by atoms with Crippen LogP contribution in [0, 0.1) is 5.92 Å². The highest BCUT2D eigenvalue weighted by atomic mass is 16.5. The lowest BCUT2D eigenvalue weighted by molar-refractivity contribution is 0.0107. The minimum absolute atomic E-state index is 0.0533. The van der Waals surface area contributed by atoms with E-state index in [0.29, 0.717) is 6.42 Å². The fourth-order valence-electron chi connectivity index (χ4n) is 3.28. The molecule has 0 spiro atoms. The summed E-state index contributed by atoms with van der Waals surface area (Å²) in [4.78, 5) is 0. The first-order valence-corrected chi connectivity index (χ1v) is 8.11. The molecule has 1 aliphatic heterocycles. The molecule has 126 valence electrons. The van der Waals surface area contributed by atoms with Gasteiger partial charge in [0.15, 0.2) is 0 Å². The Morgan fingerprint density at radius 3 is 3.04 bits per heavy atom. The van der Waals surface area contributed by atoms with Crippen LogP contribution in [-0.2, 0) is 6.42 Å². The molecule has 0 saturated carbocycles. The zero-order chi connectivity index (χ0) is 26.8. The van der Waals surface area contributed by atoms with Crippen LogP contribution in [0.5, 0.6) is 11.5 Å². The maximum absolute atomic E-state index is 11.1. The van der Waals surface area contributed by atoms with Gasteiger partial charge in [0.05, 0.1) is 2.74 Å². The van der Waals surface area contributed by atoms with Gasteiger partial charge < -0.3 is 9.84 Å². The minimum Gasteiger partial charge on any atom is -0.507 e. The number of phenols is 1. The summed E-state index contributed by atoms with van der Waals surface area (Å²) in [5.74, 6) is -5.29. The summed E-state index contributed by atoms with van der Waals surface area (Å²) in [5.41, 5.74) is -3.48. The summed E-state index contributed by atoms with van der Waals surface area (Å²) in [6.45, 7) is -7.26. The van der Waals surface area contributed by atoms with Gasteiger partial charge in [-0.3, -0.25) is 0 Å². The van der Waals surface area contributed by atoms with Gasteiger partial charge in [-0.1, -0.05) is 31.4 Å². The van der Waals surface area contributed by atoms with Crippen molar-refractivity contribution in [3.8, 4) is 11.5 Å². The van der Waals surface area contributed by atoms with E-state index in [4.69, 9.17) is 19.8 Å². The van der Waals surface area contributed by atoms with Gasteiger partial charge >= 0.3 is 0 Å². The number of hydrogen-bond acceptors (Lipinski definition) is 2. The van der Waals surface area contributed by atoms with Crippen LogP contribution in [-0.4, -0.2) is 10.7 Å². The number of fused-ring (bicyclic) bond motifs is 3. The molecule has 1 aromatic carbocycles. The van der Waals surface area contributed by atoms with Crippen molar-refractivity contribution in [2.24, 2.45) is 5.92 Å². The number of allylic oxidation sites excluding steroid dienone is 2. The summed E-state index contributed by atoms with van der Waals surface area (Å²) in [7, 11) is 0. The molecule has 0 fully saturated rings. The molecule has 2 nitrogen and oxygen atoms in total. The fourth-order valence-corrected chi connectivity index (χ4v) is 3.28. The van der Waals surface area contributed by atoms with E-state index < -0.39 is 67.1 Å². The van der Waals surface area contributed by atoms with Gasteiger partial charge in [-0.15, -0.1) is 0 Å². The Hall–Kier alpha value is -1.44. The predicted octanol–water partition coefficient (Wildman–Crippen LogP) is 5.74. The van der Waals surface area contributed by atoms with Gasteiger partial charge in [-0.05, 0) is 63.9 Å². The van der Waals surface area contributed by atoms with E-state index in [1.165, 1.54) is 0 Å². The van der Waals surface area contributed by atoms with Crippen molar-refractivity contribution in [2.75, 3.05) is 0 Å². The van der Waals surface area contributed by atoms with Gasteiger partial charge in [-0.2, -0.15) is 0 Å². The Morgan fingerprint density at radius 2 is 2.30 bits per heavy atom. The van der Waals surface area contributed by atoms with Crippen LogP contribution >= 0.6 is 0 Å². The Kier molecular flexibility index (Phi) is 1.95. The fraction of sp³-hybridized carbons (Fsp3) is 0.619. The van der Waals surface area contributed by atoms with Gasteiger partial charge in [0.25, 0.3) is 0 Å². The van der Waals surface area contributed by atoms with Gasteiger partial charge in [0.2, 0.25) is 0 Å². The van der Waals surface area contributed by atoms with E-state index >= 15 is 0 Å². The quantitative estimate of drug-likeness (QED) is 0.565. The Balaban J connectivity index is 2.45. The third kappa shape index (κ3) is 3.13. The molecule has 2 atom stereocenters. The average molecular weight is 327 g/mol. The van der Waals surface area contributed by atoms with Crippen LogP contribution in [0.3, 0.4) is 0 Å². The van der Waals surface area contributed by atoms with E-state index in [1.54, 1.807) is 0 Å². The molecule has 1 aromatic rings. The monoisotopic (exact) mass is 326 g/mol. The summed E-state index contributed by atoms with van der Waals surface area (Å²) >= 11 is 0. The number of unbranched alkanes of at least 4 members (excludes halogenated alkanes) is 2. The zero-order valence-electron chi connectivity index (χ0n) is 25.3. The first-order chi connectivity index (χ1) is 15.8. The number of rotatable bonds is 4. The van der Waals surface area contributed by atoms with Gasteiger partial charge in [0.1, 0.15) is 17.1 Å². The third-order valence-corrected chi connectivity index (χ3v) is 4.48. The lowest BCUT2D eigenvalue weighted by Crippen LogP contribution is -2.45. The maximum Gasteiger partial charge on any atom is 0.127 e. The topological polar surface area (TPSA) is 29.5 Å². The van der Waals surface area contributed by atoms with E-state index in [1.807, 2.05) is 6.92 Å². The largest absolute Gasteiger partial charge is 0.507 e. The highest BCUT2D eigenvalue weighted by molar-refractivity contribution is 5.53. The zero-order valence-corrected chi connectivity index (χ0v) is 13.3. The number of phenolic OH excluding ortho intramolecular Hbond substituents is 1. The van der Waals surface area contributed by atoms with Gasteiger partial charge in [-0.25, -0.2) is 0 Å². The molecule has 0 radical (unpaired) electrons. The maximum atomic E-state index is 11.1. The van der Waals surface area contributed by atoms with Crippen molar-refractivity contribution in [2.45, 2.75) is 77.5 Å². The second-order valence-corrected chi connectivity index (χ2v) is 6.29. The Labute approximate surface area is 157 Å². The Morgan fingerprint density at radius 1 is 1.43 bits per heavy atom. The van der Waals surface area contributed by atoms with Gasteiger partial charge in [0, 0.05) is 31.1 Å². The van der Waals surface area contributed by atoms with Crippen molar-refractivity contribution < 1.29 is 26.3 Å². The molecule has 1 N–H and O–H groups in total. The molecule has 0 unspecified atom stereocenters. The van der Waals surface area contributed by atoms with E-state index in [0.717, 1.165) is 18.9 Å². The van der Waals surface area contributed by atoms with Crippen LogP contribution in [0.2, 0.25) is 0 Å². The average Bonchev–Trinajstić information content (AvgIpc) is 2.70. The lowest BCUT2D eigenvalue weighted by Gasteiger charge is -2.46. The standard InChI is InChI=1S/C21H30O2/c1-5-6-7-8-15-12-18(22)20-16-11-14(2)9-10-17(16)21(3,4)23-19(20)13-15/h11-13,16-17,22H,5-10H2,1-4H3/t16-,17-/m1/s1/i2D3,3D3,4D3,12D,13D,16D. The summed E-state index contributed by atoms with van der Waals surface area (Å²) in [5, 5.41) is 11.1. The van der Waals surface area contributed by atoms with Crippen LogP contribution in [0.4, 0.5) is 0 Å². The van der Waals surface area contributed by atoms with Crippen LogP contribution in [0.15, 0.2) is 23.7 Å². The van der Waals surface area contributed by atoms with Crippen LogP contribution in [0.25, 0.3) is 0 Å². The van der Waals surface area contributed by atoms with Crippen LogP contribution in [0.1, 0.15) is 93.1 Å². The predicted molar refractivity (Wildman–Crippen MR) is 95.3 cm³/mol. The minimum atomic E-state index is -3.29. The van der Waals surface area contributed by atoms with E-state index in [2.05, 4.69) is 0 Å². The smallest absolute Gasteiger partial charge is 0.127 e. The second-order valence-electron chi connectivity index (χ2n) is 6.29. The molecule has 1 heterocycles. The molecule has 2 heteroatoms. The summed E-state index contributed by atoms with van der Waals surface area (Å²) in [6, 6.07) is -0.889. The summed E-state index contributed by atoms with van der Waals surface area (Å²) in [6.07, 6.45) is 2.84. The number of ether oxygens (including phenoxy) is 1. The molecule has 1 aliphatic carbocycles. The molecule has 0 saturated heterocycles. The molecule has 3 rings (SSSR count). The first-order valence-electron chi connectivity index (χ1n) is 14.1. The second kappa shape index (κ2) is 6.22. The first kappa shape index (κ1) is 7.21. The number of benzene rings is 1. The number of hydrogen-bond donors (Lipinski definition) is 1. The van der Waals surface area contributed by atoms with Crippen molar-refractivity contribution in [1.82, 2.24) is 0 Å². The van der Waals surface area contributed by atoms with Crippen molar-refractivity contribution in [1.29, 1.82) is 0 Å². The van der Waals surface area contributed by atoms with Crippen molar-refractivity contribution in [3.63, 3.8) is 0 Å². The van der Waals surface area contributed by atoms with Crippen LogP contribution < -0.4 is 4.74 Å². The van der Waals surface area contributed by atoms with Crippen molar-refractivity contribution in [3.05, 3.63) is 34.9 Å². The highest BCUT2D eigenvalue weighted by Crippen LogP contribution is 2.53. The SMILES string of the molecule is [2H]c1c(O)c2c(c([2H])c1CCCCC)OC(C([2H])([2H])[2H])(C([2H])([2H])[2H])[C@@H]1CCC(C([2H])([2H])[2H])=C[C@@]21[2H]. The molecule has 23 heavy (non-hydrogen) atoms. The third-order valence-electron chi connectivity index (χ3n) is 4.48. The number of aromatic hydroxyl groups is 1. The van der Waals surface area contributed by atoms with E-state index in [-0.39, 0.29) is 30.4 Å². The van der Waals surface area contributed by atoms with Crippen molar-refractivity contribution >= 4 is 0 Å². The molecule has 0 aromatic heterocycles. The molecular formula is C21H30O2. The molecular weight excluding hydrogens is 284 g/mol. The molecule has 0 bridgehead atoms. The normalized spacial score (nSPS) is 37.6. The molecule has 2 aliphatic rings. The molecule has 0 amide bonds. The van der Waals surface area contributed by atoms with E-state index in [9.17, 15) is 6.48 Å². The lowest BCUT2D eigenvalue weighted by atomic mass is 9.68.